The van der Waals surface area contributed by atoms with Crippen molar-refractivity contribution in [3.63, 3.8) is 0 Å². The number of benzene rings is 3. The predicted octanol–water partition coefficient (Wildman–Crippen LogP) is 5.88. The first-order chi connectivity index (χ1) is 13.8. The first-order valence-electron chi connectivity index (χ1n) is 9.99. The second-order valence-corrected chi connectivity index (χ2v) is 7.30. The van der Waals surface area contributed by atoms with Crippen LogP contribution in [0.25, 0.3) is 0 Å². The quantitative estimate of drug-likeness (QED) is 0.548. The van der Waals surface area contributed by atoms with Crippen molar-refractivity contribution in [3.8, 4) is 17.2 Å². The Morgan fingerprint density at radius 1 is 0.964 bits per heavy atom. The third kappa shape index (κ3) is 3.84. The van der Waals surface area contributed by atoms with E-state index < -0.39 is 0 Å². The molecule has 0 saturated heterocycles. The average molecular weight is 374 g/mol. The van der Waals surface area contributed by atoms with Crippen molar-refractivity contribution in [1.82, 2.24) is 0 Å². The number of aromatic hydroxyl groups is 1. The molecule has 4 rings (SSSR count). The van der Waals surface area contributed by atoms with Crippen LogP contribution in [0.3, 0.4) is 0 Å². The van der Waals surface area contributed by atoms with E-state index in [0.29, 0.717) is 6.61 Å². The van der Waals surface area contributed by atoms with Gasteiger partial charge in [-0.3, -0.25) is 0 Å². The molecule has 1 aliphatic heterocycles. The van der Waals surface area contributed by atoms with Gasteiger partial charge in [0.15, 0.2) is 0 Å². The molecule has 3 heteroatoms. The summed E-state index contributed by atoms with van der Waals surface area (Å²) >= 11 is 0. The smallest absolute Gasteiger partial charge is 0.126 e. The molecule has 3 aromatic rings. The van der Waals surface area contributed by atoms with Crippen molar-refractivity contribution >= 4 is 0 Å². The molecule has 3 nitrogen and oxygen atoms in total. The molecule has 3 aromatic carbocycles. The summed E-state index contributed by atoms with van der Waals surface area (Å²) < 4.78 is 11.9. The zero-order chi connectivity index (χ0) is 19.3. The fourth-order valence-electron chi connectivity index (χ4n) is 3.90. The summed E-state index contributed by atoms with van der Waals surface area (Å²) in [5, 5.41) is 9.87. The number of hydrogen-bond acceptors (Lipinski definition) is 3. The first-order valence-corrected chi connectivity index (χ1v) is 9.99. The van der Waals surface area contributed by atoms with Gasteiger partial charge >= 0.3 is 0 Å². The Bertz CT molecular complexity index is 903. The van der Waals surface area contributed by atoms with Crippen LogP contribution in [0.15, 0.2) is 72.8 Å². The zero-order valence-corrected chi connectivity index (χ0v) is 16.2. The molecule has 0 amide bonds. The minimum absolute atomic E-state index is 0.163. The summed E-state index contributed by atoms with van der Waals surface area (Å²) in [5.41, 5.74) is 3.60. The zero-order valence-electron chi connectivity index (χ0n) is 16.2. The molecule has 0 bridgehead atoms. The Labute approximate surface area is 166 Å². The van der Waals surface area contributed by atoms with Gasteiger partial charge in [-0.05, 0) is 35.7 Å². The second kappa shape index (κ2) is 8.39. The highest BCUT2D eigenvalue weighted by Crippen LogP contribution is 2.47. The standard InChI is InChI=1S/C25H26O3/c1-2-3-15-27-21-12-9-19(10-13-21)25-22-14-11-20(26)16-24(22)28-17-23(25)18-7-5-4-6-8-18/h4-14,16,23,25-26H,2-3,15,17H2,1H3/t23-,25-/m1/s1. The van der Waals surface area contributed by atoms with E-state index in [-0.39, 0.29) is 17.6 Å². The fraction of sp³-hybridized carbons (Fsp3) is 0.280. The van der Waals surface area contributed by atoms with E-state index in [9.17, 15) is 5.11 Å². The minimum Gasteiger partial charge on any atom is -0.508 e. The molecule has 0 radical (unpaired) electrons. The molecule has 144 valence electrons. The van der Waals surface area contributed by atoms with Crippen molar-refractivity contribution < 1.29 is 14.6 Å². The maximum Gasteiger partial charge on any atom is 0.126 e. The topological polar surface area (TPSA) is 38.7 Å². The highest BCUT2D eigenvalue weighted by molar-refractivity contribution is 5.50. The van der Waals surface area contributed by atoms with Crippen molar-refractivity contribution in [2.75, 3.05) is 13.2 Å². The SMILES string of the molecule is CCCCOc1ccc([C@@H]2c3ccc(O)cc3OC[C@@H]2c2ccccc2)cc1. The van der Waals surface area contributed by atoms with Crippen molar-refractivity contribution in [2.45, 2.75) is 31.6 Å². The van der Waals surface area contributed by atoms with Gasteiger partial charge in [0.05, 0.1) is 13.2 Å². The molecule has 1 heterocycles. The molecular formula is C25H26O3. The molecule has 0 fully saturated rings. The molecule has 1 aliphatic rings. The van der Waals surface area contributed by atoms with Crippen LogP contribution >= 0.6 is 0 Å². The molecule has 0 saturated carbocycles. The summed E-state index contributed by atoms with van der Waals surface area (Å²) in [6.45, 7) is 3.50. The predicted molar refractivity (Wildman–Crippen MR) is 111 cm³/mol. The van der Waals surface area contributed by atoms with Crippen LogP contribution in [0.5, 0.6) is 17.2 Å². The summed E-state index contributed by atoms with van der Waals surface area (Å²) in [4.78, 5) is 0. The van der Waals surface area contributed by atoms with Gasteiger partial charge in [-0.1, -0.05) is 61.9 Å². The summed E-state index contributed by atoms with van der Waals surface area (Å²) in [5.74, 6) is 2.28. The fourth-order valence-corrected chi connectivity index (χ4v) is 3.90. The lowest BCUT2D eigenvalue weighted by atomic mass is 9.76. The largest absolute Gasteiger partial charge is 0.508 e. The van der Waals surface area contributed by atoms with Crippen molar-refractivity contribution in [3.05, 3.63) is 89.5 Å². The molecule has 28 heavy (non-hydrogen) atoms. The van der Waals surface area contributed by atoms with Crippen LogP contribution < -0.4 is 9.47 Å². The Balaban J connectivity index is 1.69. The maximum absolute atomic E-state index is 9.87. The highest BCUT2D eigenvalue weighted by Gasteiger charge is 2.33. The number of phenolic OH excluding ortho intramolecular Hbond substituents is 1. The molecule has 0 aliphatic carbocycles. The third-order valence-corrected chi connectivity index (χ3v) is 5.39. The normalized spacial score (nSPS) is 18.2. The Kier molecular flexibility index (Phi) is 5.52. The summed E-state index contributed by atoms with van der Waals surface area (Å²) in [6, 6.07) is 24.4. The first kappa shape index (κ1) is 18.4. The monoisotopic (exact) mass is 374 g/mol. The number of ether oxygens (including phenoxy) is 2. The Morgan fingerprint density at radius 3 is 2.50 bits per heavy atom. The van der Waals surface area contributed by atoms with Gasteiger partial charge in [0.2, 0.25) is 0 Å². The molecule has 0 aromatic heterocycles. The number of unbranched alkanes of at least 4 members (excludes halogenated alkanes) is 1. The van der Waals surface area contributed by atoms with Crippen molar-refractivity contribution in [1.29, 1.82) is 0 Å². The summed E-state index contributed by atoms with van der Waals surface area (Å²) in [7, 11) is 0. The van der Waals surface area contributed by atoms with E-state index >= 15 is 0 Å². The van der Waals surface area contributed by atoms with E-state index in [1.54, 1.807) is 12.1 Å². The third-order valence-electron chi connectivity index (χ3n) is 5.39. The lowest BCUT2D eigenvalue weighted by Crippen LogP contribution is -2.25. The van der Waals surface area contributed by atoms with Crippen molar-refractivity contribution in [2.24, 2.45) is 0 Å². The second-order valence-electron chi connectivity index (χ2n) is 7.30. The van der Waals surface area contributed by atoms with E-state index in [2.05, 4.69) is 55.5 Å². The molecular weight excluding hydrogens is 348 g/mol. The van der Waals surface area contributed by atoms with Gasteiger partial charge in [-0.25, -0.2) is 0 Å². The van der Waals surface area contributed by atoms with Gasteiger partial charge < -0.3 is 14.6 Å². The van der Waals surface area contributed by atoms with E-state index in [1.165, 1.54) is 11.1 Å². The van der Waals surface area contributed by atoms with E-state index in [1.807, 2.05) is 12.1 Å². The molecule has 0 unspecified atom stereocenters. The van der Waals surface area contributed by atoms with Gasteiger partial charge in [-0.2, -0.15) is 0 Å². The van der Waals surface area contributed by atoms with Gasteiger partial charge in [0.1, 0.15) is 17.2 Å². The van der Waals surface area contributed by atoms with Crippen LogP contribution in [-0.4, -0.2) is 18.3 Å². The molecule has 2 atom stereocenters. The Morgan fingerprint density at radius 2 is 1.75 bits per heavy atom. The lowest BCUT2D eigenvalue weighted by molar-refractivity contribution is 0.247. The maximum atomic E-state index is 9.87. The van der Waals surface area contributed by atoms with Crippen LogP contribution in [0.2, 0.25) is 0 Å². The summed E-state index contributed by atoms with van der Waals surface area (Å²) in [6.07, 6.45) is 2.19. The minimum atomic E-state index is 0.163. The Hall–Kier alpha value is -2.94. The van der Waals surface area contributed by atoms with Gasteiger partial charge in [0, 0.05) is 23.5 Å². The van der Waals surface area contributed by atoms with Crippen LogP contribution in [0.4, 0.5) is 0 Å². The van der Waals surface area contributed by atoms with Gasteiger partial charge in [-0.15, -0.1) is 0 Å². The van der Waals surface area contributed by atoms with Gasteiger partial charge in [0.25, 0.3) is 0 Å². The molecule has 1 N–H and O–H groups in total. The number of phenols is 1. The van der Waals surface area contributed by atoms with Crippen LogP contribution in [-0.2, 0) is 0 Å². The number of hydrogen-bond donors (Lipinski definition) is 1. The average Bonchev–Trinajstić information content (AvgIpc) is 2.74. The lowest BCUT2D eigenvalue weighted by Gasteiger charge is -2.34. The highest BCUT2D eigenvalue weighted by atomic mass is 16.5. The number of fused-ring (bicyclic) bond motifs is 1. The van der Waals surface area contributed by atoms with E-state index in [0.717, 1.165) is 36.5 Å². The van der Waals surface area contributed by atoms with Crippen LogP contribution in [0.1, 0.15) is 48.3 Å². The van der Waals surface area contributed by atoms with E-state index in [4.69, 9.17) is 9.47 Å². The van der Waals surface area contributed by atoms with Crippen LogP contribution in [0, 0.1) is 0 Å². The number of rotatable bonds is 6. The molecule has 0 spiro atoms.